The number of hydrogen-bond donors (Lipinski definition) is 4. The largest absolute Gasteiger partial charge is 0.480 e. The Bertz CT molecular complexity index is 1170. The number of piperidine rings is 1. The van der Waals surface area contributed by atoms with E-state index in [1.54, 1.807) is 21.1 Å². The van der Waals surface area contributed by atoms with Gasteiger partial charge in [0.15, 0.2) is 6.29 Å². The van der Waals surface area contributed by atoms with Crippen molar-refractivity contribution in [1.82, 2.24) is 4.90 Å². The predicted molar refractivity (Wildman–Crippen MR) is 196 cm³/mol. The number of hydrogen-bond acceptors (Lipinski definition) is 9. The Morgan fingerprint density at radius 3 is 2.29 bits per heavy atom. The summed E-state index contributed by atoms with van der Waals surface area (Å²) in [7, 11) is 3.24. The van der Waals surface area contributed by atoms with Gasteiger partial charge < -0.3 is 34.8 Å². The van der Waals surface area contributed by atoms with Gasteiger partial charge in [0.1, 0.15) is 11.8 Å². The quantitative estimate of drug-likeness (QED) is 0.0486. The molecular weight excluding hydrogens is 654 g/mol. The molecule has 4 N–H and O–H groups in total. The number of allylic oxidation sites excluding steroid dienone is 3. The summed E-state index contributed by atoms with van der Waals surface area (Å²) in [6.45, 7) is 10.3. The van der Waals surface area contributed by atoms with Crippen molar-refractivity contribution in [2.45, 2.75) is 149 Å². The Kier molecular flexibility index (Phi) is 19.8. The number of carbonyl (C=O) groups excluding carboxylic acids is 3. The van der Waals surface area contributed by atoms with Crippen molar-refractivity contribution in [3.8, 4) is 0 Å². The summed E-state index contributed by atoms with van der Waals surface area (Å²) < 4.78 is 11.1. The van der Waals surface area contributed by atoms with Crippen LogP contribution in [-0.2, 0) is 28.7 Å². The lowest BCUT2D eigenvalue weighted by Crippen LogP contribution is -2.54. The zero-order chi connectivity index (χ0) is 38.2. The molecule has 11 nitrogen and oxygen atoms in total. The summed E-state index contributed by atoms with van der Waals surface area (Å²) in [4.78, 5) is 50.9. The van der Waals surface area contributed by atoms with Gasteiger partial charge in [-0.2, -0.15) is 0 Å². The van der Waals surface area contributed by atoms with E-state index in [4.69, 9.17) is 9.47 Å². The Morgan fingerprint density at radius 2 is 1.69 bits per heavy atom. The summed E-state index contributed by atoms with van der Waals surface area (Å²) in [5.41, 5.74) is 2.13. The van der Waals surface area contributed by atoms with Crippen LogP contribution in [0.3, 0.4) is 0 Å². The number of carboxylic acids is 1. The molecular formula is C40H67NO10. The number of rotatable bonds is 22. The second-order valence-electron chi connectivity index (χ2n) is 15.5. The zero-order valence-corrected chi connectivity index (χ0v) is 32.2. The van der Waals surface area contributed by atoms with Crippen molar-refractivity contribution in [1.29, 1.82) is 0 Å². The van der Waals surface area contributed by atoms with Gasteiger partial charge in [0.2, 0.25) is 6.29 Å². The summed E-state index contributed by atoms with van der Waals surface area (Å²) in [5, 5.41) is 39.4. The number of methoxy groups -OCH3 is 2. The molecule has 292 valence electrons. The number of Topliss-reactive ketones (excluding diaryl/α,β-unsaturated/α-hetero) is 1. The van der Waals surface area contributed by atoms with Crippen LogP contribution in [0.15, 0.2) is 23.3 Å². The second kappa shape index (κ2) is 22.6. The van der Waals surface area contributed by atoms with E-state index in [0.29, 0.717) is 57.3 Å². The molecule has 0 aromatic heterocycles. The van der Waals surface area contributed by atoms with E-state index in [1.165, 1.54) is 10.5 Å². The number of aliphatic hydroxyl groups is 3. The molecule has 11 heteroatoms. The molecule has 1 saturated heterocycles. The van der Waals surface area contributed by atoms with Crippen molar-refractivity contribution < 1.29 is 49.1 Å². The van der Waals surface area contributed by atoms with Gasteiger partial charge in [0.05, 0.1) is 18.3 Å². The minimum Gasteiger partial charge on any atom is -0.480 e. The Labute approximate surface area is 305 Å². The van der Waals surface area contributed by atoms with E-state index in [9.17, 15) is 39.6 Å². The van der Waals surface area contributed by atoms with Gasteiger partial charge >= 0.3 is 5.97 Å². The molecule has 2 rings (SSSR count). The minimum absolute atomic E-state index is 0.00973. The van der Waals surface area contributed by atoms with Gasteiger partial charge in [0.25, 0.3) is 5.91 Å². The Hall–Kier alpha value is -2.44. The number of carbonyl (C=O) groups is 4. The van der Waals surface area contributed by atoms with Crippen molar-refractivity contribution in [2.24, 2.45) is 35.5 Å². The topological polar surface area (TPSA) is 171 Å². The first-order valence-electron chi connectivity index (χ1n) is 19.1. The number of ketones is 1. The van der Waals surface area contributed by atoms with E-state index in [1.807, 2.05) is 6.92 Å². The number of nitrogens with zero attached hydrogens (tertiary/aromatic N) is 1. The summed E-state index contributed by atoms with van der Waals surface area (Å²) in [5.74, 6) is -2.24. The van der Waals surface area contributed by atoms with Crippen LogP contribution in [0.4, 0.5) is 0 Å². The standard InChI is InChI=1S/C40H67NO10/c1-25(11-8-13-31(50-6)21-29(5)39(46)47)19-26(2)20-28(4)34(43)15-9-12-27(3)33(22-30-16-17-35(44)36(23-30)51-7)32-14-10-18-41(37(45)24-42)38(32)40(48)49/h20,22,24-25,27-32,35-36,38-39,44,46-47H,8-19,21,23H2,1-7H3,(H,48,49)/b26-20+,33-22-/t25-,27?,28-,29?,30?,31?,32?,35-,36?,38?/m1/s1. The van der Waals surface area contributed by atoms with Gasteiger partial charge in [-0.3, -0.25) is 14.4 Å². The fourth-order valence-corrected chi connectivity index (χ4v) is 8.22. The average molecular weight is 722 g/mol. The maximum absolute atomic E-state index is 13.2. The van der Waals surface area contributed by atoms with E-state index in [0.717, 1.165) is 37.7 Å². The molecule has 1 heterocycles. The van der Waals surface area contributed by atoms with Crippen LogP contribution in [0.25, 0.3) is 0 Å². The highest BCUT2D eigenvalue weighted by atomic mass is 16.5. The van der Waals surface area contributed by atoms with Crippen molar-refractivity contribution >= 4 is 23.9 Å². The molecule has 7 unspecified atom stereocenters. The molecule has 0 spiro atoms. The number of aliphatic carboxylic acids is 1. The highest BCUT2D eigenvalue weighted by molar-refractivity contribution is 6.24. The third-order valence-electron chi connectivity index (χ3n) is 11.3. The second-order valence-corrected chi connectivity index (χ2v) is 15.5. The molecule has 0 aromatic carbocycles. The number of carboxylic acid groups (broad SMARTS) is 1. The molecule has 1 aliphatic carbocycles. The summed E-state index contributed by atoms with van der Waals surface area (Å²) in [6, 6.07) is -1.14. The smallest absolute Gasteiger partial charge is 0.327 e. The first-order chi connectivity index (χ1) is 24.1. The molecule has 0 bridgehead atoms. The molecule has 1 amide bonds. The maximum atomic E-state index is 13.2. The lowest BCUT2D eigenvalue weighted by atomic mass is 9.73. The van der Waals surface area contributed by atoms with Crippen molar-refractivity contribution in [3.05, 3.63) is 23.3 Å². The zero-order valence-electron chi connectivity index (χ0n) is 32.2. The summed E-state index contributed by atoms with van der Waals surface area (Å²) in [6.07, 6.45) is 11.3. The first kappa shape index (κ1) is 44.7. The molecule has 2 fully saturated rings. The van der Waals surface area contributed by atoms with Crippen LogP contribution in [0.1, 0.15) is 118 Å². The molecule has 0 aromatic rings. The fourth-order valence-electron chi connectivity index (χ4n) is 8.22. The normalized spacial score (nSPS) is 26.3. The lowest BCUT2D eigenvalue weighted by Gasteiger charge is -2.41. The van der Waals surface area contributed by atoms with E-state index in [2.05, 4.69) is 32.9 Å². The van der Waals surface area contributed by atoms with E-state index >= 15 is 0 Å². The van der Waals surface area contributed by atoms with Crippen LogP contribution < -0.4 is 0 Å². The monoisotopic (exact) mass is 721 g/mol. The lowest BCUT2D eigenvalue weighted by molar-refractivity contribution is -0.155. The number of ether oxygens (including phenoxy) is 2. The van der Waals surface area contributed by atoms with Crippen LogP contribution in [0.2, 0.25) is 0 Å². The minimum atomic E-state index is -1.34. The summed E-state index contributed by atoms with van der Waals surface area (Å²) >= 11 is 0. The third-order valence-corrected chi connectivity index (χ3v) is 11.3. The highest BCUT2D eigenvalue weighted by Crippen LogP contribution is 2.39. The Morgan fingerprint density at radius 1 is 0.980 bits per heavy atom. The van der Waals surface area contributed by atoms with Gasteiger partial charge in [0, 0.05) is 44.9 Å². The van der Waals surface area contributed by atoms with Crippen molar-refractivity contribution in [3.63, 3.8) is 0 Å². The molecule has 1 aliphatic heterocycles. The van der Waals surface area contributed by atoms with Gasteiger partial charge in [-0.05, 0) is 88.9 Å². The van der Waals surface area contributed by atoms with Crippen molar-refractivity contribution in [2.75, 3.05) is 20.8 Å². The molecule has 51 heavy (non-hydrogen) atoms. The fraction of sp³-hybridized carbons (Fsp3) is 0.800. The van der Waals surface area contributed by atoms with Gasteiger partial charge in [-0.1, -0.05) is 63.8 Å². The molecule has 1 saturated carbocycles. The number of aliphatic hydroxyl groups excluding tert-OH is 2. The van der Waals surface area contributed by atoms with E-state index < -0.39 is 36.2 Å². The average Bonchev–Trinajstić information content (AvgIpc) is 3.09. The Balaban J connectivity index is 2.04. The van der Waals surface area contributed by atoms with Crippen LogP contribution in [0.5, 0.6) is 0 Å². The van der Waals surface area contributed by atoms with Crippen LogP contribution >= 0.6 is 0 Å². The third kappa shape index (κ3) is 14.5. The van der Waals surface area contributed by atoms with E-state index in [-0.39, 0.29) is 54.5 Å². The molecule has 2 aliphatic rings. The van der Waals surface area contributed by atoms with Crippen LogP contribution in [0, 0.1) is 35.5 Å². The number of likely N-dealkylation sites (tertiary alicyclic amines) is 1. The predicted octanol–water partition coefficient (Wildman–Crippen LogP) is 5.49. The molecule has 0 radical (unpaired) electrons. The maximum Gasteiger partial charge on any atom is 0.327 e. The number of aldehydes is 1. The van der Waals surface area contributed by atoms with Gasteiger partial charge in [-0.25, -0.2) is 4.79 Å². The first-order valence-corrected chi connectivity index (χ1v) is 19.1. The molecule has 10 atom stereocenters. The highest BCUT2D eigenvalue weighted by Gasteiger charge is 2.42. The number of amides is 1. The van der Waals surface area contributed by atoms with Crippen LogP contribution in [-0.4, -0.2) is 101 Å². The SMILES string of the molecule is COC(CCC[C@@H](C)C/C(C)=C/[C@@H](C)C(=O)CCCC(C)/C(=C/C1CC[C@@H](O)C(OC)C1)C1CCCN(C(=O)C=O)C1C(=O)O)CC(C)C(O)O. The van der Waals surface area contributed by atoms with Gasteiger partial charge in [-0.15, -0.1) is 0 Å².